The van der Waals surface area contributed by atoms with Crippen LogP contribution in [0.3, 0.4) is 0 Å². The number of rotatable bonds is 5. The predicted octanol–water partition coefficient (Wildman–Crippen LogP) is 3.41. The predicted molar refractivity (Wildman–Crippen MR) is 103 cm³/mol. The van der Waals surface area contributed by atoms with Gasteiger partial charge in [0.05, 0.1) is 16.4 Å². The number of carbonyl (C=O) groups is 1. The summed E-state index contributed by atoms with van der Waals surface area (Å²) in [7, 11) is 0. The smallest absolute Gasteiger partial charge is 0.270 e. The first-order chi connectivity index (χ1) is 12.5. The van der Waals surface area contributed by atoms with Gasteiger partial charge in [0.1, 0.15) is 0 Å². The quantitative estimate of drug-likeness (QED) is 0.482. The van der Waals surface area contributed by atoms with Crippen LogP contribution in [0.15, 0.2) is 58.7 Å². The number of amides is 1. The average molecular weight is 389 g/mol. The van der Waals surface area contributed by atoms with Crippen LogP contribution in [0.5, 0.6) is 0 Å². The van der Waals surface area contributed by atoms with Crippen LogP contribution in [0.4, 0.5) is 5.69 Å². The van der Waals surface area contributed by atoms with E-state index in [0.29, 0.717) is 22.2 Å². The van der Waals surface area contributed by atoms with E-state index in [1.165, 1.54) is 30.1 Å². The van der Waals surface area contributed by atoms with E-state index in [1.807, 2.05) is 12.1 Å². The lowest BCUT2D eigenvalue weighted by Crippen LogP contribution is -2.25. The first-order valence-corrected chi connectivity index (χ1v) is 8.84. The fourth-order valence-electron chi connectivity index (χ4n) is 2.29. The summed E-state index contributed by atoms with van der Waals surface area (Å²) in [6, 6.07) is 13.4. The van der Waals surface area contributed by atoms with Crippen molar-refractivity contribution in [2.75, 3.05) is 0 Å². The fraction of sp³-hybridized carbons (Fsp3) is 0.118. The van der Waals surface area contributed by atoms with Crippen LogP contribution in [-0.4, -0.2) is 27.5 Å². The minimum atomic E-state index is -0.475. The monoisotopic (exact) mass is 388 g/mol. The number of nitrogens with one attached hydrogen (secondary N) is 1. The zero-order valence-electron chi connectivity index (χ0n) is 13.3. The molecular weight excluding hydrogens is 376 g/mol. The second-order valence-electron chi connectivity index (χ2n) is 5.43. The third-order valence-electron chi connectivity index (χ3n) is 3.55. The minimum absolute atomic E-state index is 0.0202. The highest BCUT2D eigenvalue weighted by Crippen LogP contribution is 2.24. The van der Waals surface area contributed by atoms with Gasteiger partial charge < -0.3 is 5.32 Å². The molecule has 26 heavy (non-hydrogen) atoms. The van der Waals surface area contributed by atoms with Crippen molar-refractivity contribution >= 4 is 46.3 Å². The minimum Gasteiger partial charge on any atom is -0.303 e. The first kappa shape index (κ1) is 18.1. The zero-order valence-corrected chi connectivity index (χ0v) is 14.9. The Morgan fingerprint density at radius 3 is 2.77 bits per heavy atom. The molecule has 1 atom stereocenters. The van der Waals surface area contributed by atoms with Gasteiger partial charge in [0.15, 0.2) is 5.17 Å². The lowest BCUT2D eigenvalue weighted by atomic mass is 10.1. The Hall–Kier alpha value is -2.71. The summed E-state index contributed by atoms with van der Waals surface area (Å²) in [6.07, 6.45) is 1.96. The van der Waals surface area contributed by atoms with Gasteiger partial charge in [-0.25, -0.2) is 0 Å². The van der Waals surface area contributed by atoms with Crippen LogP contribution in [0.25, 0.3) is 0 Å². The van der Waals surface area contributed by atoms with Gasteiger partial charge in [0, 0.05) is 22.7 Å². The molecule has 1 aliphatic heterocycles. The van der Waals surface area contributed by atoms with Crippen molar-refractivity contribution in [2.45, 2.75) is 11.7 Å². The molecular formula is C17H13ClN4O3S. The fourth-order valence-corrected chi connectivity index (χ4v) is 3.38. The number of non-ortho nitro benzene ring substituents is 1. The van der Waals surface area contributed by atoms with E-state index >= 15 is 0 Å². The Bertz CT molecular complexity index is 899. The van der Waals surface area contributed by atoms with Crippen LogP contribution >= 0.6 is 23.4 Å². The van der Waals surface area contributed by atoms with Crippen LogP contribution < -0.4 is 5.32 Å². The second-order valence-corrected chi connectivity index (χ2v) is 7.06. The lowest BCUT2D eigenvalue weighted by molar-refractivity contribution is -0.384. The second kappa shape index (κ2) is 8.11. The van der Waals surface area contributed by atoms with E-state index in [9.17, 15) is 14.9 Å². The highest BCUT2D eigenvalue weighted by Gasteiger charge is 2.30. The van der Waals surface area contributed by atoms with Crippen molar-refractivity contribution in [3.05, 3.63) is 74.8 Å². The van der Waals surface area contributed by atoms with Gasteiger partial charge in [-0.15, -0.1) is 5.10 Å². The Morgan fingerprint density at radius 1 is 1.27 bits per heavy atom. The number of nitrogens with zero attached hydrogens (tertiary/aromatic N) is 3. The SMILES string of the molecule is O=C1N/C(=N\N=C/c2cccc([N+](=O)[O-])c2)S[C@H]1Cc1ccc(Cl)cc1. The normalized spacial score (nSPS) is 18.4. The standard InChI is InChI=1S/C17H13ClN4O3S/c18-13-6-4-11(5-7-13)9-15-16(23)20-17(26-15)21-19-10-12-2-1-3-14(8-12)22(24)25/h1-8,10,15H,9H2,(H,20,21,23)/b19-10-/t15-/m0/s1. The number of hydrogen-bond donors (Lipinski definition) is 1. The molecule has 0 saturated carbocycles. The number of thioether (sulfide) groups is 1. The van der Waals surface area contributed by atoms with Crippen molar-refractivity contribution in [3.8, 4) is 0 Å². The average Bonchev–Trinajstić information content (AvgIpc) is 2.97. The molecule has 1 aliphatic rings. The Morgan fingerprint density at radius 2 is 2.04 bits per heavy atom. The van der Waals surface area contributed by atoms with Crippen molar-refractivity contribution in [1.29, 1.82) is 0 Å². The summed E-state index contributed by atoms with van der Waals surface area (Å²) in [5, 5.41) is 22.1. The van der Waals surface area contributed by atoms with Gasteiger partial charge >= 0.3 is 0 Å². The highest BCUT2D eigenvalue weighted by molar-refractivity contribution is 8.15. The third-order valence-corrected chi connectivity index (χ3v) is 4.87. The van der Waals surface area contributed by atoms with Gasteiger partial charge in [-0.2, -0.15) is 5.10 Å². The van der Waals surface area contributed by atoms with E-state index in [1.54, 1.807) is 24.3 Å². The molecule has 1 heterocycles. The Balaban J connectivity index is 1.63. The summed E-state index contributed by atoms with van der Waals surface area (Å²) in [5.74, 6) is -0.130. The molecule has 0 spiro atoms. The van der Waals surface area contributed by atoms with Crippen LogP contribution in [-0.2, 0) is 11.2 Å². The molecule has 1 fully saturated rings. The van der Waals surface area contributed by atoms with Crippen molar-refractivity contribution in [2.24, 2.45) is 10.2 Å². The van der Waals surface area contributed by atoms with Gasteiger partial charge in [-0.3, -0.25) is 14.9 Å². The summed E-state index contributed by atoms with van der Waals surface area (Å²) < 4.78 is 0. The molecule has 1 amide bonds. The molecule has 1 N–H and O–H groups in total. The van der Waals surface area contributed by atoms with E-state index in [4.69, 9.17) is 11.6 Å². The van der Waals surface area contributed by atoms with E-state index < -0.39 is 4.92 Å². The number of benzene rings is 2. The molecule has 2 aromatic carbocycles. The van der Waals surface area contributed by atoms with E-state index in [-0.39, 0.29) is 16.8 Å². The van der Waals surface area contributed by atoms with Gasteiger partial charge in [-0.05, 0) is 24.1 Å². The summed E-state index contributed by atoms with van der Waals surface area (Å²) in [4.78, 5) is 22.3. The molecule has 0 bridgehead atoms. The largest absolute Gasteiger partial charge is 0.303 e. The summed E-state index contributed by atoms with van der Waals surface area (Å²) in [6.45, 7) is 0. The maximum atomic E-state index is 12.0. The number of halogens is 1. The number of nitro groups is 1. The van der Waals surface area contributed by atoms with Crippen molar-refractivity contribution in [3.63, 3.8) is 0 Å². The van der Waals surface area contributed by atoms with E-state index in [2.05, 4.69) is 15.5 Å². The molecule has 132 valence electrons. The maximum absolute atomic E-state index is 12.0. The Kier molecular flexibility index (Phi) is 5.65. The highest BCUT2D eigenvalue weighted by atomic mass is 35.5. The number of amidine groups is 1. The van der Waals surface area contributed by atoms with Crippen LogP contribution in [0, 0.1) is 10.1 Å². The van der Waals surface area contributed by atoms with Crippen LogP contribution in [0.1, 0.15) is 11.1 Å². The van der Waals surface area contributed by atoms with Crippen molar-refractivity contribution in [1.82, 2.24) is 5.32 Å². The molecule has 2 aromatic rings. The lowest BCUT2D eigenvalue weighted by Gasteiger charge is -2.05. The number of nitro benzene ring substituents is 1. The molecule has 0 radical (unpaired) electrons. The van der Waals surface area contributed by atoms with Gasteiger partial charge in [-0.1, -0.05) is 47.6 Å². The van der Waals surface area contributed by atoms with Crippen molar-refractivity contribution < 1.29 is 9.72 Å². The van der Waals surface area contributed by atoms with Crippen LogP contribution in [0.2, 0.25) is 5.02 Å². The third kappa shape index (κ3) is 4.68. The molecule has 0 aromatic heterocycles. The molecule has 9 heteroatoms. The van der Waals surface area contributed by atoms with E-state index in [0.717, 1.165) is 5.56 Å². The summed E-state index contributed by atoms with van der Waals surface area (Å²) >= 11 is 7.15. The molecule has 3 rings (SSSR count). The topological polar surface area (TPSA) is 97.0 Å². The molecule has 0 unspecified atom stereocenters. The summed E-state index contributed by atoms with van der Waals surface area (Å²) in [5.41, 5.74) is 1.53. The first-order valence-electron chi connectivity index (χ1n) is 7.59. The molecule has 7 nitrogen and oxygen atoms in total. The maximum Gasteiger partial charge on any atom is 0.270 e. The Labute approximate surface area is 158 Å². The van der Waals surface area contributed by atoms with Gasteiger partial charge in [0.2, 0.25) is 5.91 Å². The zero-order chi connectivity index (χ0) is 18.5. The van der Waals surface area contributed by atoms with Gasteiger partial charge in [0.25, 0.3) is 5.69 Å². The molecule has 0 aliphatic carbocycles. The number of hydrogen-bond acceptors (Lipinski definition) is 6. The molecule has 1 saturated heterocycles. The number of carbonyl (C=O) groups excluding carboxylic acids is 1.